The zero-order valence-corrected chi connectivity index (χ0v) is 16.8. The van der Waals surface area contributed by atoms with E-state index in [-0.39, 0.29) is 36.5 Å². The zero-order valence-electron chi connectivity index (χ0n) is 15.9. The maximum Gasteiger partial charge on any atom is 0.228 e. The van der Waals surface area contributed by atoms with Gasteiger partial charge in [-0.15, -0.1) is 0 Å². The van der Waals surface area contributed by atoms with Crippen LogP contribution in [0.1, 0.15) is 38.5 Å². The Hall–Kier alpha value is -1.15. The van der Waals surface area contributed by atoms with E-state index < -0.39 is 14.6 Å². The molecule has 148 valence electrons. The van der Waals surface area contributed by atoms with Gasteiger partial charge in [0.15, 0.2) is 9.84 Å². The third-order valence-electron chi connectivity index (χ3n) is 6.23. The molecule has 3 fully saturated rings. The molecular weight excluding hydrogens is 354 g/mol. The molecule has 1 aliphatic carbocycles. The second kappa shape index (κ2) is 7.46. The first-order valence-electron chi connectivity index (χ1n) is 9.68. The van der Waals surface area contributed by atoms with Crippen molar-refractivity contribution in [2.45, 2.75) is 43.3 Å². The number of hydrogen-bond acceptors (Lipinski definition) is 5. The fourth-order valence-electron chi connectivity index (χ4n) is 4.56. The molecule has 0 aromatic rings. The maximum atomic E-state index is 13.0. The fraction of sp³-hybridized carbons (Fsp3) is 0.889. The van der Waals surface area contributed by atoms with E-state index in [9.17, 15) is 18.0 Å². The lowest BCUT2D eigenvalue weighted by atomic mass is 9.87. The lowest BCUT2D eigenvalue weighted by Crippen LogP contribution is -2.59. The van der Waals surface area contributed by atoms with Gasteiger partial charge in [-0.3, -0.25) is 9.59 Å². The number of carbonyl (C=O) groups excluding carboxylic acids is 2. The predicted octanol–water partition coefficient (Wildman–Crippen LogP) is 0.356. The van der Waals surface area contributed by atoms with E-state index in [1.54, 1.807) is 9.80 Å². The van der Waals surface area contributed by atoms with Gasteiger partial charge in [0.2, 0.25) is 11.8 Å². The van der Waals surface area contributed by atoms with E-state index in [2.05, 4.69) is 0 Å². The van der Waals surface area contributed by atoms with Gasteiger partial charge < -0.3 is 14.7 Å². The number of nitrogens with zero attached hydrogens (tertiary/aromatic N) is 3. The van der Waals surface area contributed by atoms with E-state index in [0.717, 1.165) is 25.8 Å². The Labute approximate surface area is 156 Å². The SMILES string of the molecule is CN(C)CCN1CC(C(=O)N2CCS(=O)(=O)C3(CCCCC3)C2)CC1=O. The van der Waals surface area contributed by atoms with Crippen LogP contribution in [0.3, 0.4) is 0 Å². The summed E-state index contributed by atoms with van der Waals surface area (Å²) in [5, 5.41) is 0. The third kappa shape index (κ3) is 3.76. The summed E-state index contributed by atoms with van der Waals surface area (Å²) in [4.78, 5) is 30.7. The number of likely N-dealkylation sites (N-methyl/N-ethyl adjacent to an activating group) is 1. The maximum absolute atomic E-state index is 13.0. The topological polar surface area (TPSA) is 78.0 Å². The van der Waals surface area contributed by atoms with Gasteiger partial charge in [0, 0.05) is 39.1 Å². The summed E-state index contributed by atoms with van der Waals surface area (Å²) in [6, 6.07) is 0. The summed E-state index contributed by atoms with van der Waals surface area (Å²) in [6.45, 7) is 2.45. The number of sulfone groups is 1. The fourth-order valence-corrected chi connectivity index (χ4v) is 6.72. The summed E-state index contributed by atoms with van der Waals surface area (Å²) < 4.78 is 24.6. The standard InChI is InChI=1S/C18H31N3O4S/c1-19(2)8-9-20-13-15(12-16(20)22)17(23)21-10-11-26(24,25)18(14-21)6-4-3-5-7-18/h15H,3-14H2,1-2H3. The largest absolute Gasteiger partial charge is 0.341 e. The van der Waals surface area contributed by atoms with Crippen LogP contribution in [0.4, 0.5) is 0 Å². The van der Waals surface area contributed by atoms with Gasteiger partial charge in [-0.1, -0.05) is 19.3 Å². The second-order valence-corrected chi connectivity index (χ2v) is 10.9. The average molecular weight is 386 g/mol. The summed E-state index contributed by atoms with van der Waals surface area (Å²) in [6.07, 6.45) is 4.49. The number of hydrogen-bond donors (Lipinski definition) is 0. The first kappa shape index (κ1) is 19.6. The van der Waals surface area contributed by atoms with Crippen molar-refractivity contribution in [2.24, 2.45) is 5.92 Å². The molecule has 1 unspecified atom stereocenters. The summed E-state index contributed by atoms with van der Waals surface area (Å²) in [7, 11) is 0.766. The first-order chi connectivity index (χ1) is 12.2. The van der Waals surface area contributed by atoms with E-state index in [0.29, 0.717) is 32.5 Å². The molecule has 2 saturated heterocycles. The number of carbonyl (C=O) groups is 2. The molecule has 1 atom stereocenters. The molecule has 0 bridgehead atoms. The van der Waals surface area contributed by atoms with Crippen LogP contribution < -0.4 is 0 Å². The lowest BCUT2D eigenvalue weighted by Gasteiger charge is -2.44. The monoisotopic (exact) mass is 385 g/mol. The van der Waals surface area contributed by atoms with Crippen LogP contribution in [0.25, 0.3) is 0 Å². The van der Waals surface area contributed by atoms with Crippen molar-refractivity contribution in [1.82, 2.24) is 14.7 Å². The Morgan fingerprint density at radius 2 is 1.92 bits per heavy atom. The summed E-state index contributed by atoms with van der Waals surface area (Å²) in [5.41, 5.74) is 0. The molecule has 8 heteroatoms. The smallest absolute Gasteiger partial charge is 0.228 e. The first-order valence-corrected chi connectivity index (χ1v) is 11.3. The van der Waals surface area contributed by atoms with Crippen molar-refractivity contribution in [3.63, 3.8) is 0 Å². The Kier molecular flexibility index (Phi) is 5.63. The average Bonchev–Trinajstić information content (AvgIpc) is 2.97. The van der Waals surface area contributed by atoms with Crippen molar-refractivity contribution in [2.75, 3.05) is 52.6 Å². The third-order valence-corrected chi connectivity index (χ3v) is 8.80. The highest BCUT2D eigenvalue weighted by Crippen LogP contribution is 2.39. The van der Waals surface area contributed by atoms with Crippen molar-refractivity contribution < 1.29 is 18.0 Å². The van der Waals surface area contributed by atoms with E-state index >= 15 is 0 Å². The summed E-state index contributed by atoms with van der Waals surface area (Å²) >= 11 is 0. The van der Waals surface area contributed by atoms with Gasteiger partial charge in [0.25, 0.3) is 0 Å². The Bertz CT molecular complexity index is 655. The molecule has 3 rings (SSSR count). The molecule has 1 spiro atoms. The van der Waals surface area contributed by atoms with Gasteiger partial charge in [-0.05, 0) is 26.9 Å². The van der Waals surface area contributed by atoms with Crippen molar-refractivity contribution in [1.29, 1.82) is 0 Å². The Balaban J connectivity index is 1.66. The Morgan fingerprint density at radius 3 is 2.58 bits per heavy atom. The van der Waals surface area contributed by atoms with Crippen molar-refractivity contribution >= 4 is 21.7 Å². The number of rotatable bonds is 4. The van der Waals surface area contributed by atoms with Gasteiger partial charge in [0.05, 0.1) is 16.4 Å². The molecule has 26 heavy (non-hydrogen) atoms. The molecule has 2 heterocycles. The van der Waals surface area contributed by atoms with Gasteiger partial charge in [-0.2, -0.15) is 0 Å². The molecule has 2 aliphatic heterocycles. The molecule has 0 aromatic carbocycles. The molecule has 2 amide bonds. The second-order valence-electron chi connectivity index (χ2n) is 8.37. The normalized spacial score (nSPS) is 28.1. The van der Waals surface area contributed by atoms with E-state index in [1.165, 1.54) is 0 Å². The van der Waals surface area contributed by atoms with Crippen LogP contribution in [0.15, 0.2) is 0 Å². The molecule has 7 nitrogen and oxygen atoms in total. The van der Waals surface area contributed by atoms with Crippen LogP contribution in [0, 0.1) is 5.92 Å². The minimum Gasteiger partial charge on any atom is -0.341 e. The van der Waals surface area contributed by atoms with Gasteiger partial charge in [-0.25, -0.2) is 8.42 Å². The highest BCUT2D eigenvalue weighted by atomic mass is 32.2. The number of amides is 2. The van der Waals surface area contributed by atoms with Crippen molar-refractivity contribution in [3.8, 4) is 0 Å². The predicted molar refractivity (Wildman–Crippen MR) is 99.4 cm³/mol. The molecule has 1 saturated carbocycles. The highest BCUT2D eigenvalue weighted by Gasteiger charge is 2.50. The van der Waals surface area contributed by atoms with Crippen LogP contribution in [-0.2, 0) is 19.4 Å². The minimum atomic E-state index is -3.15. The van der Waals surface area contributed by atoms with E-state index in [1.807, 2.05) is 19.0 Å². The van der Waals surface area contributed by atoms with Crippen LogP contribution in [0.2, 0.25) is 0 Å². The lowest BCUT2D eigenvalue weighted by molar-refractivity contribution is -0.136. The van der Waals surface area contributed by atoms with Crippen LogP contribution in [0.5, 0.6) is 0 Å². The molecule has 3 aliphatic rings. The zero-order chi connectivity index (χ0) is 18.9. The van der Waals surface area contributed by atoms with Crippen molar-refractivity contribution in [3.05, 3.63) is 0 Å². The van der Waals surface area contributed by atoms with Gasteiger partial charge in [0.1, 0.15) is 0 Å². The Morgan fingerprint density at radius 1 is 1.23 bits per heavy atom. The quantitative estimate of drug-likeness (QED) is 0.698. The minimum absolute atomic E-state index is 0.0298. The highest BCUT2D eigenvalue weighted by molar-refractivity contribution is 7.92. The van der Waals surface area contributed by atoms with Crippen LogP contribution in [-0.4, -0.2) is 92.3 Å². The summed E-state index contributed by atoms with van der Waals surface area (Å²) in [5.74, 6) is -0.275. The van der Waals surface area contributed by atoms with Gasteiger partial charge >= 0.3 is 0 Å². The molecule has 0 N–H and O–H groups in total. The van der Waals surface area contributed by atoms with E-state index in [4.69, 9.17) is 0 Å². The number of likely N-dealkylation sites (tertiary alicyclic amines) is 1. The molecular formula is C18H31N3O4S. The van der Waals surface area contributed by atoms with Crippen LogP contribution >= 0.6 is 0 Å². The molecule has 0 radical (unpaired) electrons. The molecule has 0 aromatic heterocycles.